The average molecular weight is 275 g/mol. The molecule has 1 saturated carbocycles. The van der Waals surface area contributed by atoms with Crippen LogP contribution in [0.25, 0.3) is 0 Å². The van der Waals surface area contributed by atoms with Crippen molar-refractivity contribution in [3.8, 4) is 0 Å². The molecule has 0 aliphatic heterocycles. The largest absolute Gasteiger partial charge is 0.394 e. The summed E-state index contributed by atoms with van der Waals surface area (Å²) in [7, 11) is 0. The zero-order valence-corrected chi connectivity index (χ0v) is 13.2. The molecule has 1 aliphatic rings. The lowest BCUT2D eigenvalue weighted by Gasteiger charge is -2.36. The fourth-order valence-electron chi connectivity index (χ4n) is 3.15. The van der Waals surface area contributed by atoms with Crippen molar-refractivity contribution in [3.05, 3.63) is 35.4 Å². The van der Waals surface area contributed by atoms with Crippen LogP contribution >= 0.6 is 0 Å². The van der Waals surface area contributed by atoms with Crippen molar-refractivity contribution in [2.75, 3.05) is 6.61 Å². The lowest BCUT2D eigenvalue weighted by Crippen LogP contribution is -2.49. The molecule has 2 N–H and O–H groups in total. The van der Waals surface area contributed by atoms with Crippen LogP contribution in [-0.4, -0.2) is 17.8 Å². The topological polar surface area (TPSA) is 32.3 Å². The molecule has 1 aromatic rings. The fraction of sp³-hybridized carbons (Fsp3) is 0.667. The zero-order chi connectivity index (χ0) is 14.6. The van der Waals surface area contributed by atoms with Crippen LogP contribution in [0.5, 0.6) is 0 Å². The summed E-state index contributed by atoms with van der Waals surface area (Å²) in [6.45, 7) is 6.68. The van der Waals surface area contributed by atoms with E-state index in [1.54, 1.807) is 0 Å². The van der Waals surface area contributed by atoms with Gasteiger partial charge in [-0.2, -0.15) is 0 Å². The first-order valence-electron chi connectivity index (χ1n) is 8.04. The Morgan fingerprint density at radius 2 is 1.75 bits per heavy atom. The Labute approximate surface area is 123 Å². The standard InChI is InChI=1S/C18H29NO/c1-14(2)15-9-11-16(12-10-15)18(3,13-20)19-17-7-5-4-6-8-17/h9-12,14,17,19-20H,4-8,13H2,1-3H3. The molecular weight excluding hydrogens is 246 g/mol. The van der Waals surface area contributed by atoms with Crippen LogP contribution in [-0.2, 0) is 5.54 Å². The summed E-state index contributed by atoms with van der Waals surface area (Å²) in [5, 5.41) is 13.6. The number of aliphatic hydroxyl groups excluding tert-OH is 1. The number of rotatable bonds is 5. The molecule has 0 heterocycles. The minimum Gasteiger partial charge on any atom is -0.394 e. The van der Waals surface area contributed by atoms with E-state index in [2.05, 4.69) is 50.4 Å². The van der Waals surface area contributed by atoms with Crippen molar-refractivity contribution < 1.29 is 5.11 Å². The molecule has 112 valence electrons. The number of aliphatic hydroxyl groups is 1. The number of benzene rings is 1. The van der Waals surface area contributed by atoms with Gasteiger partial charge < -0.3 is 10.4 Å². The molecule has 0 amide bonds. The van der Waals surface area contributed by atoms with Gasteiger partial charge in [-0.05, 0) is 36.8 Å². The Balaban J connectivity index is 2.12. The lowest BCUT2D eigenvalue weighted by molar-refractivity contribution is 0.150. The monoisotopic (exact) mass is 275 g/mol. The number of hydrogen-bond donors (Lipinski definition) is 2. The molecule has 2 heteroatoms. The zero-order valence-electron chi connectivity index (χ0n) is 13.2. The molecule has 0 bridgehead atoms. The molecular formula is C18H29NO. The predicted octanol–water partition coefficient (Wildman–Crippen LogP) is 3.94. The van der Waals surface area contributed by atoms with Gasteiger partial charge >= 0.3 is 0 Å². The van der Waals surface area contributed by atoms with Crippen molar-refractivity contribution in [2.24, 2.45) is 0 Å². The van der Waals surface area contributed by atoms with Gasteiger partial charge in [-0.3, -0.25) is 0 Å². The van der Waals surface area contributed by atoms with Gasteiger partial charge in [0.25, 0.3) is 0 Å². The Kier molecular flexibility index (Phi) is 5.22. The highest BCUT2D eigenvalue weighted by Gasteiger charge is 2.29. The third-order valence-electron chi connectivity index (χ3n) is 4.66. The van der Waals surface area contributed by atoms with Gasteiger partial charge in [-0.1, -0.05) is 57.4 Å². The first kappa shape index (κ1) is 15.5. The Bertz CT molecular complexity index is 406. The molecule has 0 spiro atoms. The summed E-state index contributed by atoms with van der Waals surface area (Å²) in [6.07, 6.45) is 6.45. The van der Waals surface area contributed by atoms with Crippen molar-refractivity contribution in [2.45, 2.75) is 70.4 Å². The Hall–Kier alpha value is -0.860. The highest BCUT2D eigenvalue weighted by Crippen LogP contribution is 2.27. The predicted molar refractivity (Wildman–Crippen MR) is 85.0 cm³/mol. The second kappa shape index (κ2) is 6.73. The summed E-state index contributed by atoms with van der Waals surface area (Å²) in [6, 6.07) is 9.26. The first-order chi connectivity index (χ1) is 9.55. The van der Waals surface area contributed by atoms with Crippen LogP contribution < -0.4 is 5.32 Å². The van der Waals surface area contributed by atoms with E-state index < -0.39 is 0 Å². The van der Waals surface area contributed by atoms with Gasteiger partial charge in [0.1, 0.15) is 0 Å². The Morgan fingerprint density at radius 3 is 2.25 bits per heavy atom. The third kappa shape index (κ3) is 3.62. The molecule has 1 unspecified atom stereocenters. The maximum atomic E-state index is 9.89. The summed E-state index contributed by atoms with van der Waals surface area (Å²) in [5.74, 6) is 0.552. The van der Waals surface area contributed by atoms with Crippen LogP contribution in [0.1, 0.15) is 69.9 Å². The van der Waals surface area contributed by atoms with Crippen LogP contribution in [0.3, 0.4) is 0 Å². The van der Waals surface area contributed by atoms with Gasteiger partial charge in [0.15, 0.2) is 0 Å². The van der Waals surface area contributed by atoms with E-state index in [-0.39, 0.29) is 12.1 Å². The van der Waals surface area contributed by atoms with Gasteiger partial charge in [-0.25, -0.2) is 0 Å². The maximum Gasteiger partial charge on any atom is 0.0652 e. The van der Waals surface area contributed by atoms with Crippen molar-refractivity contribution in [1.29, 1.82) is 0 Å². The van der Waals surface area contributed by atoms with E-state index in [0.717, 1.165) is 0 Å². The van der Waals surface area contributed by atoms with Gasteiger partial charge in [0.05, 0.1) is 12.1 Å². The normalized spacial score (nSPS) is 20.1. The van der Waals surface area contributed by atoms with E-state index in [1.165, 1.54) is 43.2 Å². The van der Waals surface area contributed by atoms with Crippen molar-refractivity contribution in [1.82, 2.24) is 5.32 Å². The van der Waals surface area contributed by atoms with Gasteiger partial charge in [-0.15, -0.1) is 0 Å². The first-order valence-corrected chi connectivity index (χ1v) is 8.04. The van der Waals surface area contributed by atoms with E-state index in [0.29, 0.717) is 12.0 Å². The van der Waals surface area contributed by atoms with Crippen molar-refractivity contribution >= 4 is 0 Å². The summed E-state index contributed by atoms with van der Waals surface area (Å²) in [4.78, 5) is 0. The fourth-order valence-corrected chi connectivity index (χ4v) is 3.15. The second-order valence-corrected chi connectivity index (χ2v) is 6.75. The van der Waals surface area contributed by atoms with Gasteiger partial charge in [0, 0.05) is 6.04 Å². The molecule has 0 aromatic heterocycles. The molecule has 0 radical (unpaired) electrons. The average Bonchev–Trinajstić information content (AvgIpc) is 2.48. The maximum absolute atomic E-state index is 9.89. The van der Waals surface area contributed by atoms with E-state index in [9.17, 15) is 5.11 Å². The molecule has 0 saturated heterocycles. The highest BCUT2D eigenvalue weighted by molar-refractivity contribution is 5.30. The summed E-state index contributed by atoms with van der Waals surface area (Å²) in [5.41, 5.74) is 2.22. The van der Waals surface area contributed by atoms with Gasteiger partial charge in [0.2, 0.25) is 0 Å². The van der Waals surface area contributed by atoms with E-state index in [4.69, 9.17) is 0 Å². The quantitative estimate of drug-likeness (QED) is 0.853. The highest BCUT2D eigenvalue weighted by atomic mass is 16.3. The lowest BCUT2D eigenvalue weighted by atomic mass is 9.87. The van der Waals surface area contributed by atoms with Crippen molar-refractivity contribution in [3.63, 3.8) is 0 Å². The summed E-state index contributed by atoms with van der Waals surface area (Å²) >= 11 is 0. The molecule has 1 fully saturated rings. The SMILES string of the molecule is CC(C)c1ccc(C(C)(CO)NC2CCCCC2)cc1. The van der Waals surface area contributed by atoms with E-state index >= 15 is 0 Å². The second-order valence-electron chi connectivity index (χ2n) is 6.75. The van der Waals surface area contributed by atoms with Crippen LogP contribution in [0.4, 0.5) is 0 Å². The third-order valence-corrected chi connectivity index (χ3v) is 4.66. The minimum atomic E-state index is -0.322. The molecule has 2 rings (SSSR count). The smallest absolute Gasteiger partial charge is 0.0652 e. The summed E-state index contributed by atoms with van der Waals surface area (Å²) < 4.78 is 0. The molecule has 2 nitrogen and oxygen atoms in total. The molecule has 20 heavy (non-hydrogen) atoms. The molecule has 1 aromatic carbocycles. The minimum absolute atomic E-state index is 0.143. The van der Waals surface area contributed by atoms with Crippen LogP contribution in [0.2, 0.25) is 0 Å². The van der Waals surface area contributed by atoms with Crippen LogP contribution in [0.15, 0.2) is 24.3 Å². The molecule has 1 aliphatic carbocycles. The van der Waals surface area contributed by atoms with E-state index in [1.807, 2.05) is 0 Å². The van der Waals surface area contributed by atoms with Crippen LogP contribution in [0, 0.1) is 0 Å². The Morgan fingerprint density at radius 1 is 1.15 bits per heavy atom. The number of hydrogen-bond acceptors (Lipinski definition) is 2. The number of nitrogens with one attached hydrogen (secondary N) is 1. The molecule has 1 atom stereocenters.